The first kappa shape index (κ1) is 11.1. The molecule has 1 rings (SSSR count). The van der Waals surface area contributed by atoms with E-state index >= 15 is 0 Å². The van der Waals surface area contributed by atoms with Crippen LogP contribution in [0.1, 0.15) is 6.42 Å². The van der Waals surface area contributed by atoms with Crippen molar-refractivity contribution in [2.75, 3.05) is 13.1 Å². The molecule has 0 spiro atoms. The summed E-state index contributed by atoms with van der Waals surface area (Å²) in [5.41, 5.74) is 0. The number of nitrogens with one attached hydrogen (secondary N) is 1. The third-order valence-electron chi connectivity index (χ3n) is 2.10. The van der Waals surface area contributed by atoms with E-state index in [0.29, 0.717) is 0 Å². The molecule has 1 aliphatic heterocycles. The topological polar surface area (TPSA) is 124 Å². The van der Waals surface area contributed by atoms with Crippen LogP contribution in [-0.4, -0.2) is 40.3 Å². The highest BCUT2D eigenvalue weighted by molar-refractivity contribution is 7.95. The van der Waals surface area contributed by atoms with Crippen LogP contribution in [0, 0.1) is 0 Å². The Morgan fingerprint density at radius 2 is 1.92 bits per heavy atom. The highest BCUT2D eigenvalue weighted by Gasteiger charge is 2.59. The van der Waals surface area contributed by atoms with Gasteiger partial charge in [-0.15, -0.1) is 0 Å². The molecule has 1 heterocycles. The molecule has 0 saturated carbocycles. The van der Waals surface area contributed by atoms with Gasteiger partial charge in [-0.05, 0) is 13.0 Å². The monoisotopic (exact) mass is 231 g/mol. The zero-order chi connectivity index (χ0) is 10.3. The van der Waals surface area contributed by atoms with Gasteiger partial charge in [0.25, 0.3) is 10.1 Å². The maximum atomic E-state index is 10.9. The van der Waals surface area contributed by atoms with Crippen molar-refractivity contribution >= 4 is 17.7 Å². The maximum absolute atomic E-state index is 10.9. The first-order valence-corrected chi connectivity index (χ1v) is 6.49. The summed E-state index contributed by atoms with van der Waals surface area (Å²) < 4.78 is 39.0. The molecule has 1 fully saturated rings. The quantitative estimate of drug-likeness (QED) is 0.345. The van der Waals surface area contributed by atoms with E-state index in [9.17, 15) is 13.0 Å². The van der Waals surface area contributed by atoms with E-state index in [4.69, 9.17) is 14.3 Å². The normalized spacial score (nSPS) is 30.7. The molecule has 0 aromatic rings. The number of rotatable bonds is 2. The average molecular weight is 231 g/mol. The largest absolute Gasteiger partial charge is 0.350 e. The van der Waals surface area contributed by atoms with Gasteiger partial charge in [-0.25, -0.2) is 0 Å². The molecule has 0 aliphatic carbocycles. The van der Waals surface area contributed by atoms with Gasteiger partial charge >= 0.3 is 7.60 Å². The Bertz CT molecular complexity index is 338. The van der Waals surface area contributed by atoms with Crippen LogP contribution in [0.2, 0.25) is 0 Å². The fourth-order valence-corrected chi connectivity index (χ4v) is 3.84. The zero-order valence-electron chi connectivity index (χ0n) is 6.54. The van der Waals surface area contributed by atoms with Crippen molar-refractivity contribution in [2.45, 2.75) is 10.9 Å². The van der Waals surface area contributed by atoms with Crippen molar-refractivity contribution in [3.05, 3.63) is 0 Å². The highest BCUT2D eigenvalue weighted by atomic mass is 32.2. The van der Waals surface area contributed by atoms with Gasteiger partial charge < -0.3 is 15.1 Å². The lowest BCUT2D eigenvalue weighted by Crippen LogP contribution is -2.40. The minimum Gasteiger partial charge on any atom is -0.323 e. The summed E-state index contributed by atoms with van der Waals surface area (Å²) in [5.74, 6) is 0. The Labute approximate surface area is 75.1 Å². The Balaban J connectivity index is 3.26. The SMILES string of the molecule is O=P(O)(O)C1(S(=O)(=O)O)CCNC1. The second-order valence-electron chi connectivity index (χ2n) is 2.89. The van der Waals surface area contributed by atoms with Gasteiger partial charge in [0, 0.05) is 6.54 Å². The molecule has 13 heavy (non-hydrogen) atoms. The second-order valence-corrected chi connectivity index (χ2v) is 6.87. The van der Waals surface area contributed by atoms with Crippen LogP contribution in [0.25, 0.3) is 0 Å². The lowest BCUT2D eigenvalue weighted by atomic mass is 10.4. The summed E-state index contributed by atoms with van der Waals surface area (Å²) in [5, 5.41) is 2.49. The van der Waals surface area contributed by atoms with Crippen molar-refractivity contribution < 1.29 is 27.3 Å². The van der Waals surface area contributed by atoms with Gasteiger partial charge in [-0.3, -0.25) is 9.12 Å². The van der Waals surface area contributed by atoms with Crippen LogP contribution < -0.4 is 5.32 Å². The van der Waals surface area contributed by atoms with Gasteiger partial charge in [-0.1, -0.05) is 0 Å². The predicted octanol–water partition coefficient (Wildman–Crippen LogP) is -1.26. The molecule has 1 unspecified atom stereocenters. The van der Waals surface area contributed by atoms with Crippen molar-refractivity contribution in [1.82, 2.24) is 5.32 Å². The Kier molecular flexibility index (Phi) is 2.57. The van der Waals surface area contributed by atoms with E-state index in [1.807, 2.05) is 0 Å². The van der Waals surface area contributed by atoms with Crippen LogP contribution >= 0.6 is 7.60 Å². The van der Waals surface area contributed by atoms with E-state index < -0.39 is 28.7 Å². The summed E-state index contributed by atoms with van der Waals surface area (Å²) in [4.78, 5) is 17.7. The third-order valence-corrected chi connectivity index (χ3v) is 6.26. The summed E-state index contributed by atoms with van der Waals surface area (Å²) in [6.45, 7) is -0.263. The molecule has 0 radical (unpaired) electrons. The standard InChI is InChI=1S/C4H10NO6PS/c6-12(7,8)4(13(9,10)11)1-2-5-3-4/h5H,1-3H2,(H2,6,7,8)(H,9,10,11). The molecular weight excluding hydrogens is 221 g/mol. The predicted molar refractivity (Wildman–Crippen MR) is 43.8 cm³/mol. The van der Waals surface area contributed by atoms with Gasteiger partial charge in [0.15, 0.2) is 0 Å². The number of hydrogen-bond donors (Lipinski definition) is 4. The van der Waals surface area contributed by atoms with Crippen LogP contribution in [0.5, 0.6) is 0 Å². The molecule has 7 nitrogen and oxygen atoms in total. The lowest BCUT2D eigenvalue weighted by molar-refractivity contribution is 0.343. The number of hydrogen-bond acceptors (Lipinski definition) is 4. The first-order chi connectivity index (χ1) is 5.71. The summed E-state index contributed by atoms with van der Waals surface area (Å²) in [7, 11) is -9.61. The molecule has 1 atom stereocenters. The average Bonchev–Trinajstić information content (AvgIpc) is 2.28. The minimum absolute atomic E-state index is 0.158. The van der Waals surface area contributed by atoms with Gasteiger partial charge in [0.2, 0.25) is 4.49 Å². The van der Waals surface area contributed by atoms with Crippen LogP contribution in [0.15, 0.2) is 0 Å². The molecule has 78 valence electrons. The lowest BCUT2D eigenvalue weighted by Gasteiger charge is -2.24. The van der Waals surface area contributed by atoms with Crippen molar-refractivity contribution in [1.29, 1.82) is 0 Å². The van der Waals surface area contributed by atoms with Crippen molar-refractivity contribution in [3.63, 3.8) is 0 Å². The Hall–Kier alpha value is 0.0200. The van der Waals surface area contributed by atoms with E-state index in [1.165, 1.54) is 0 Å². The summed E-state index contributed by atoms with van der Waals surface area (Å²) in [6.07, 6.45) is -0.282. The highest BCUT2D eigenvalue weighted by Crippen LogP contribution is 2.56. The fourth-order valence-electron chi connectivity index (χ4n) is 1.27. The molecule has 0 aromatic heterocycles. The molecular formula is C4H10NO6PS. The Morgan fingerprint density at radius 3 is 2.08 bits per heavy atom. The fraction of sp³-hybridized carbons (Fsp3) is 1.00. The molecule has 1 saturated heterocycles. The van der Waals surface area contributed by atoms with Crippen LogP contribution in [-0.2, 0) is 14.7 Å². The van der Waals surface area contributed by atoms with Crippen LogP contribution in [0.4, 0.5) is 0 Å². The Morgan fingerprint density at radius 1 is 1.38 bits per heavy atom. The molecule has 0 amide bonds. The minimum atomic E-state index is -4.87. The summed E-state index contributed by atoms with van der Waals surface area (Å²) in [6, 6.07) is 0. The maximum Gasteiger partial charge on any atom is 0.350 e. The van der Waals surface area contributed by atoms with E-state index in [1.54, 1.807) is 0 Å². The smallest absolute Gasteiger partial charge is 0.323 e. The van der Waals surface area contributed by atoms with Crippen LogP contribution in [0.3, 0.4) is 0 Å². The first-order valence-electron chi connectivity index (χ1n) is 3.44. The zero-order valence-corrected chi connectivity index (χ0v) is 8.25. The van der Waals surface area contributed by atoms with Crippen molar-refractivity contribution in [3.8, 4) is 0 Å². The third kappa shape index (κ3) is 1.65. The molecule has 1 aliphatic rings. The van der Waals surface area contributed by atoms with E-state index in [-0.39, 0.29) is 13.0 Å². The molecule has 4 N–H and O–H groups in total. The van der Waals surface area contributed by atoms with Gasteiger partial charge in [0.1, 0.15) is 0 Å². The van der Waals surface area contributed by atoms with Gasteiger partial charge in [-0.2, -0.15) is 8.42 Å². The molecule has 9 heteroatoms. The summed E-state index contributed by atoms with van der Waals surface area (Å²) >= 11 is 0. The van der Waals surface area contributed by atoms with E-state index in [0.717, 1.165) is 0 Å². The second kappa shape index (κ2) is 3.01. The van der Waals surface area contributed by atoms with E-state index in [2.05, 4.69) is 5.32 Å². The van der Waals surface area contributed by atoms with Crippen molar-refractivity contribution in [2.24, 2.45) is 0 Å². The van der Waals surface area contributed by atoms with Gasteiger partial charge in [0.05, 0.1) is 0 Å². The molecule has 0 aromatic carbocycles. The molecule has 0 bridgehead atoms.